The molecule has 0 aromatic heterocycles. The van der Waals surface area contributed by atoms with E-state index in [1.165, 1.54) is 12.0 Å². The molecule has 1 aliphatic rings. The Morgan fingerprint density at radius 2 is 1.74 bits per heavy atom. The van der Waals surface area contributed by atoms with E-state index in [9.17, 15) is 14.7 Å². The Hall–Kier alpha value is -3.78. The largest absolute Gasteiger partial charge is 0.507 e. The molecule has 1 amide bonds. The first-order chi connectivity index (χ1) is 17.0. The fraction of sp³-hybridized carbons (Fsp3) is 0.333. The van der Waals surface area contributed by atoms with Gasteiger partial charge in [-0.25, -0.2) is 0 Å². The Bertz CT molecular complexity index is 1090. The zero-order valence-corrected chi connectivity index (χ0v) is 20.3. The van der Waals surface area contributed by atoms with Gasteiger partial charge in [-0.15, -0.1) is 0 Å². The van der Waals surface area contributed by atoms with Crippen molar-refractivity contribution in [2.24, 2.45) is 0 Å². The lowest BCUT2D eigenvalue weighted by atomic mass is 9.95. The highest BCUT2D eigenvalue weighted by atomic mass is 16.5. The van der Waals surface area contributed by atoms with Gasteiger partial charge in [0.15, 0.2) is 11.5 Å². The molecule has 3 rings (SSSR count). The Morgan fingerprint density at radius 1 is 1.03 bits per heavy atom. The molecule has 186 valence electrons. The quantitative estimate of drug-likeness (QED) is 0.211. The summed E-state index contributed by atoms with van der Waals surface area (Å²) in [7, 11) is 1.52. The van der Waals surface area contributed by atoms with Crippen LogP contribution in [0.3, 0.4) is 0 Å². The number of ether oxygens (including phenoxy) is 4. The molecule has 1 heterocycles. The van der Waals surface area contributed by atoms with Crippen LogP contribution >= 0.6 is 0 Å². The third kappa shape index (κ3) is 5.66. The number of amides is 1. The standard InChI is InChI=1S/C27H31NO7/c1-5-15-35-21-13-10-19(17-22(21)34-7-3)24-23(26(30)27(31)28(24)14-16-32-4)25(29)18-8-11-20(12-9-18)33-6-2/h5,8-13,17,24,29H,1,6-7,14-16H2,2-4H3/b25-23+. The van der Waals surface area contributed by atoms with Gasteiger partial charge in [-0.1, -0.05) is 18.7 Å². The Morgan fingerprint density at radius 3 is 2.37 bits per heavy atom. The van der Waals surface area contributed by atoms with Crippen LogP contribution in [0.1, 0.15) is 31.0 Å². The van der Waals surface area contributed by atoms with Crippen molar-refractivity contribution in [3.8, 4) is 17.2 Å². The molecule has 0 aliphatic carbocycles. The smallest absolute Gasteiger partial charge is 0.295 e. The van der Waals surface area contributed by atoms with Crippen molar-refractivity contribution in [2.75, 3.05) is 40.1 Å². The first kappa shape index (κ1) is 25.8. The van der Waals surface area contributed by atoms with E-state index in [2.05, 4.69) is 6.58 Å². The first-order valence-corrected chi connectivity index (χ1v) is 11.5. The third-order valence-corrected chi connectivity index (χ3v) is 5.46. The SMILES string of the molecule is C=CCOc1ccc(C2/C(=C(\O)c3ccc(OCC)cc3)C(=O)C(=O)N2CCOC)cc1OCC. The molecule has 1 N–H and O–H groups in total. The number of Topliss-reactive ketones (excluding diaryl/α,β-unsaturated/α-hetero) is 1. The molecule has 0 saturated carbocycles. The van der Waals surface area contributed by atoms with Gasteiger partial charge < -0.3 is 29.0 Å². The second-order valence-corrected chi connectivity index (χ2v) is 7.68. The van der Waals surface area contributed by atoms with E-state index in [0.29, 0.717) is 48.2 Å². The maximum absolute atomic E-state index is 13.1. The number of aliphatic hydroxyl groups is 1. The van der Waals surface area contributed by atoms with Gasteiger partial charge in [-0.3, -0.25) is 9.59 Å². The third-order valence-electron chi connectivity index (χ3n) is 5.46. The summed E-state index contributed by atoms with van der Waals surface area (Å²) in [5.41, 5.74) is 0.999. The van der Waals surface area contributed by atoms with Crippen LogP contribution in [0.25, 0.3) is 5.76 Å². The van der Waals surface area contributed by atoms with E-state index in [0.717, 1.165) is 0 Å². The van der Waals surface area contributed by atoms with Crippen LogP contribution in [0.15, 0.2) is 60.7 Å². The number of aliphatic hydroxyl groups excluding tert-OH is 1. The fourth-order valence-corrected chi connectivity index (χ4v) is 3.91. The Balaban J connectivity index is 2.12. The highest BCUT2D eigenvalue weighted by molar-refractivity contribution is 6.46. The average molecular weight is 482 g/mol. The Labute approximate surface area is 205 Å². The molecule has 8 nitrogen and oxygen atoms in total. The fourth-order valence-electron chi connectivity index (χ4n) is 3.91. The second kappa shape index (κ2) is 12.1. The summed E-state index contributed by atoms with van der Waals surface area (Å²) in [6.45, 7) is 8.97. The van der Waals surface area contributed by atoms with Crippen molar-refractivity contribution >= 4 is 17.4 Å². The van der Waals surface area contributed by atoms with E-state index in [1.54, 1.807) is 48.5 Å². The topological polar surface area (TPSA) is 94.5 Å². The zero-order chi connectivity index (χ0) is 25.4. The van der Waals surface area contributed by atoms with Crippen LogP contribution in [0.2, 0.25) is 0 Å². The molecule has 0 bridgehead atoms. The summed E-state index contributed by atoms with van der Waals surface area (Å²) >= 11 is 0. The molecule has 0 spiro atoms. The van der Waals surface area contributed by atoms with Crippen molar-refractivity contribution in [2.45, 2.75) is 19.9 Å². The van der Waals surface area contributed by atoms with Gasteiger partial charge in [0.2, 0.25) is 0 Å². The van der Waals surface area contributed by atoms with Gasteiger partial charge in [0.05, 0.1) is 31.4 Å². The molecular formula is C27H31NO7. The van der Waals surface area contributed by atoms with Crippen LogP contribution < -0.4 is 14.2 Å². The van der Waals surface area contributed by atoms with Crippen molar-refractivity contribution < 1.29 is 33.6 Å². The van der Waals surface area contributed by atoms with Gasteiger partial charge in [-0.2, -0.15) is 0 Å². The van der Waals surface area contributed by atoms with Crippen LogP contribution in [0.5, 0.6) is 17.2 Å². The highest BCUT2D eigenvalue weighted by Crippen LogP contribution is 2.42. The molecule has 1 saturated heterocycles. The zero-order valence-electron chi connectivity index (χ0n) is 20.3. The van der Waals surface area contributed by atoms with Crippen molar-refractivity contribution in [3.63, 3.8) is 0 Å². The van der Waals surface area contributed by atoms with Gasteiger partial charge in [-0.05, 0) is 55.8 Å². The molecule has 1 atom stereocenters. The lowest BCUT2D eigenvalue weighted by molar-refractivity contribution is -0.140. The number of rotatable bonds is 12. The van der Waals surface area contributed by atoms with Gasteiger partial charge in [0.1, 0.15) is 18.1 Å². The number of carbonyl (C=O) groups excluding carboxylic acids is 2. The molecule has 0 radical (unpaired) electrons. The average Bonchev–Trinajstić information content (AvgIpc) is 3.12. The minimum Gasteiger partial charge on any atom is -0.507 e. The Kier molecular flexibility index (Phi) is 8.92. The molecular weight excluding hydrogens is 450 g/mol. The number of likely N-dealkylation sites (tertiary alicyclic amines) is 1. The first-order valence-electron chi connectivity index (χ1n) is 11.5. The molecule has 2 aromatic rings. The van der Waals surface area contributed by atoms with E-state index in [-0.39, 0.29) is 24.5 Å². The minimum absolute atomic E-state index is 0.00234. The molecule has 35 heavy (non-hydrogen) atoms. The molecule has 1 fully saturated rings. The van der Waals surface area contributed by atoms with Crippen molar-refractivity contribution in [3.05, 3.63) is 71.8 Å². The summed E-state index contributed by atoms with van der Waals surface area (Å²) in [5.74, 6) is -0.119. The monoisotopic (exact) mass is 481 g/mol. The maximum atomic E-state index is 13.1. The van der Waals surface area contributed by atoms with Gasteiger partial charge in [0, 0.05) is 19.2 Å². The van der Waals surface area contributed by atoms with E-state index < -0.39 is 17.7 Å². The van der Waals surface area contributed by atoms with E-state index >= 15 is 0 Å². The number of methoxy groups -OCH3 is 1. The summed E-state index contributed by atoms with van der Waals surface area (Å²) < 4.78 is 22.1. The number of hydrogen-bond donors (Lipinski definition) is 1. The number of ketones is 1. The summed E-state index contributed by atoms with van der Waals surface area (Å²) in [6.07, 6.45) is 1.63. The van der Waals surface area contributed by atoms with Crippen LogP contribution in [-0.2, 0) is 14.3 Å². The highest BCUT2D eigenvalue weighted by Gasteiger charge is 2.46. The van der Waals surface area contributed by atoms with Crippen LogP contribution in [0.4, 0.5) is 0 Å². The maximum Gasteiger partial charge on any atom is 0.295 e. The lowest BCUT2D eigenvalue weighted by Crippen LogP contribution is -2.32. The predicted molar refractivity (Wildman–Crippen MR) is 132 cm³/mol. The molecule has 1 unspecified atom stereocenters. The number of nitrogens with zero attached hydrogens (tertiary/aromatic N) is 1. The second-order valence-electron chi connectivity index (χ2n) is 7.68. The van der Waals surface area contributed by atoms with Crippen molar-refractivity contribution in [1.82, 2.24) is 4.90 Å². The normalized spacial score (nSPS) is 16.9. The van der Waals surface area contributed by atoms with Gasteiger partial charge >= 0.3 is 0 Å². The van der Waals surface area contributed by atoms with Crippen LogP contribution in [0, 0.1) is 0 Å². The summed E-state index contributed by atoms with van der Waals surface area (Å²) in [5, 5.41) is 11.2. The number of benzene rings is 2. The number of carbonyl (C=O) groups is 2. The van der Waals surface area contributed by atoms with E-state index in [1.807, 2.05) is 13.8 Å². The minimum atomic E-state index is -0.829. The molecule has 1 aliphatic heterocycles. The van der Waals surface area contributed by atoms with E-state index in [4.69, 9.17) is 18.9 Å². The molecule has 8 heteroatoms. The summed E-state index contributed by atoms with van der Waals surface area (Å²) in [4.78, 5) is 27.5. The van der Waals surface area contributed by atoms with Crippen LogP contribution in [-0.4, -0.2) is 61.8 Å². The van der Waals surface area contributed by atoms with Crippen molar-refractivity contribution in [1.29, 1.82) is 0 Å². The summed E-state index contributed by atoms with van der Waals surface area (Å²) in [6, 6.07) is 11.1. The lowest BCUT2D eigenvalue weighted by Gasteiger charge is -2.26. The molecule has 2 aromatic carbocycles. The van der Waals surface area contributed by atoms with Gasteiger partial charge in [0.25, 0.3) is 11.7 Å². The predicted octanol–water partition coefficient (Wildman–Crippen LogP) is 4.12. The number of hydrogen-bond acceptors (Lipinski definition) is 7.